The Morgan fingerprint density at radius 3 is 2.38 bits per heavy atom. The summed E-state index contributed by atoms with van der Waals surface area (Å²) in [4.78, 5) is 13.3. The van der Waals surface area contributed by atoms with Crippen LogP contribution in [0.4, 0.5) is 11.4 Å². The number of hydrogen-bond donors (Lipinski definition) is 1. The minimum absolute atomic E-state index is 0.0123. The van der Waals surface area contributed by atoms with Gasteiger partial charge in [-0.2, -0.15) is 0 Å². The first kappa shape index (κ1) is 18.3. The van der Waals surface area contributed by atoms with Gasteiger partial charge in [-0.1, -0.05) is 27.7 Å². The van der Waals surface area contributed by atoms with Gasteiger partial charge in [-0.3, -0.25) is 0 Å². The summed E-state index contributed by atoms with van der Waals surface area (Å²) in [6.07, 6.45) is 0. The fourth-order valence-corrected chi connectivity index (χ4v) is 3.51. The Balaban J connectivity index is 2.09. The van der Waals surface area contributed by atoms with E-state index in [1.807, 2.05) is 12.1 Å². The van der Waals surface area contributed by atoms with Gasteiger partial charge in [-0.05, 0) is 54.8 Å². The Kier molecular flexibility index (Phi) is 4.70. The zero-order valence-corrected chi connectivity index (χ0v) is 16.2. The molecular formula is C22H27NO3. The van der Waals surface area contributed by atoms with E-state index in [1.165, 1.54) is 11.1 Å². The van der Waals surface area contributed by atoms with E-state index in [4.69, 9.17) is 9.84 Å². The smallest absolute Gasteiger partial charge is 0.335 e. The van der Waals surface area contributed by atoms with Crippen molar-refractivity contribution in [3.8, 4) is 5.75 Å². The highest BCUT2D eigenvalue weighted by molar-refractivity contribution is 5.88. The zero-order valence-electron chi connectivity index (χ0n) is 16.2. The van der Waals surface area contributed by atoms with Crippen LogP contribution in [0.25, 0.3) is 0 Å². The predicted octanol–water partition coefficient (Wildman–Crippen LogP) is 5.34. The summed E-state index contributed by atoms with van der Waals surface area (Å²) in [5, 5.41) is 9.12. The monoisotopic (exact) mass is 353 g/mol. The summed E-state index contributed by atoms with van der Waals surface area (Å²) in [6.45, 7) is 12.4. The van der Waals surface area contributed by atoms with Crippen molar-refractivity contribution in [2.45, 2.75) is 46.0 Å². The molecule has 4 nitrogen and oxygen atoms in total. The van der Waals surface area contributed by atoms with E-state index < -0.39 is 5.97 Å². The van der Waals surface area contributed by atoms with Crippen molar-refractivity contribution in [3.05, 3.63) is 53.1 Å². The van der Waals surface area contributed by atoms with Crippen LogP contribution in [0.1, 0.15) is 62.0 Å². The van der Waals surface area contributed by atoms with Crippen molar-refractivity contribution < 1.29 is 14.6 Å². The summed E-state index contributed by atoms with van der Waals surface area (Å²) >= 11 is 0. The second-order valence-corrected chi connectivity index (χ2v) is 7.84. The normalized spacial score (nSPS) is 14.8. The molecule has 4 heteroatoms. The molecule has 0 atom stereocenters. The summed E-state index contributed by atoms with van der Waals surface area (Å²) < 4.78 is 6.04. The molecule has 3 rings (SSSR count). The van der Waals surface area contributed by atoms with Crippen LogP contribution in [-0.4, -0.2) is 24.2 Å². The number of aromatic carboxylic acids is 1. The molecule has 0 unspecified atom stereocenters. The average Bonchev–Trinajstić information content (AvgIpc) is 2.90. The molecule has 0 aliphatic carbocycles. The maximum atomic E-state index is 11.1. The van der Waals surface area contributed by atoms with Crippen LogP contribution in [0.3, 0.4) is 0 Å². The lowest BCUT2D eigenvalue weighted by Crippen LogP contribution is -2.20. The summed E-state index contributed by atoms with van der Waals surface area (Å²) in [6, 6.07) is 11.5. The highest BCUT2D eigenvalue weighted by Gasteiger charge is 2.35. The van der Waals surface area contributed by atoms with Gasteiger partial charge in [-0.25, -0.2) is 4.79 Å². The van der Waals surface area contributed by atoms with Gasteiger partial charge in [0.05, 0.1) is 12.2 Å². The lowest BCUT2D eigenvalue weighted by Gasteiger charge is -2.27. The molecular weight excluding hydrogens is 326 g/mol. The number of rotatable bonds is 5. The molecule has 0 saturated carbocycles. The van der Waals surface area contributed by atoms with Gasteiger partial charge in [0.15, 0.2) is 0 Å². The van der Waals surface area contributed by atoms with E-state index in [2.05, 4.69) is 51.7 Å². The van der Waals surface area contributed by atoms with Crippen LogP contribution in [-0.2, 0) is 5.41 Å². The van der Waals surface area contributed by atoms with Gasteiger partial charge in [0.25, 0.3) is 0 Å². The van der Waals surface area contributed by atoms with Gasteiger partial charge in [0.1, 0.15) is 5.75 Å². The Bertz CT molecular complexity index is 822. The first-order chi connectivity index (χ1) is 12.2. The number of carboxylic acids is 1. The van der Waals surface area contributed by atoms with Gasteiger partial charge < -0.3 is 14.7 Å². The fraction of sp³-hybridized carbons (Fsp3) is 0.409. The van der Waals surface area contributed by atoms with Crippen molar-refractivity contribution >= 4 is 17.3 Å². The Hall–Kier alpha value is -2.49. The largest absolute Gasteiger partial charge is 0.492 e. The van der Waals surface area contributed by atoms with E-state index >= 15 is 0 Å². The first-order valence-electron chi connectivity index (χ1n) is 9.16. The molecule has 26 heavy (non-hydrogen) atoms. The van der Waals surface area contributed by atoms with E-state index in [9.17, 15) is 4.79 Å². The van der Waals surface area contributed by atoms with E-state index in [1.54, 1.807) is 12.1 Å². The number of fused-ring (bicyclic) bond motifs is 1. The Labute approximate surface area is 155 Å². The van der Waals surface area contributed by atoms with Crippen molar-refractivity contribution in [3.63, 3.8) is 0 Å². The van der Waals surface area contributed by atoms with Gasteiger partial charge in [0.2, 0.25) is 0 Å². The molecule has 1 N–H and O–H groups in total. The minimum atomic E-state index is -0.905. The number of benzene rings is 2. The van der Waals surface area contributed by atoms with E-state index in [0.29, 0.717) is 18.1 Å². The number of anilines is 2. The minimum Gasteiger partial charge on any atom is -0.492 e. The van der Waals surface area contributed by atoms with Crippen LogP contribution in [0.15, 0.2) is 36.4 Å². The third-order valence-electron chi connectivity index (χ3n) is 5.08. The number of carbonyl (C=O) groups is 1. The molecule has 0 amide bonds. The molecule has 2 aromatic rings. The topological polar surface area (TPSA) is 49.8 Å². The third kappa shape index (κ3) is 3.16. The highest BCUT2D eigenvalue weighted by Crippen LogP contribution is 2.46. The molecule has 0 bridgehead atoms. The van der Waals surface area contributed by atoms with Crippen LogP contribution >= 0.6 is 0 Å². The maximum absolute atomic E-state index is 11.1. The van der Waals surface area contributed by atoms with Crippen molar-refractivity contribution in [2.75, 3.05) is 18.1 Å². The Morgan fingerprint density at radius 1 is 1.19 bits per heavy atom. The second kappa shape index (κ2) is 6.67. The van der Waals surface area contributed by atoms with Gasteiger partial charge in [0, 0.05) is 28.9 Å². The van der Waals surface area contributed by atoms with Gasteiger partial charge in [-0.15, -0.1) is 0 Å². The molecule has 2 aromatic carbocycles. The summed E-state index contributed by atoms with van der Waals surface area (Å²) in [5.41, 5.74) is 4.88. The van der Waals surface area contributed by atoms with Crippen LogP contribution in [0.2, 0.25) is 0 Å². The van der Waals surface area contributed by atoms with E-state index in [-0.39, 0.29) is 5.41 Å². The van der Waals surface area contributed by atoms with Crippen molar-refractivity contribution in [1.29, 1.82) is 0 Å². The second-order valence-electron chi connectivity index (χ2n) is 7.84. The van der Waals surface area contributed by atoms with Crippen LogP contribution in [0, 0.1) is 0 Å². The average molecular weight is 353 g/mol. The fourth-order valence-electron chi connectivity index (χ4n) is 3.51. The molecule has 1 aliphatic rings. The number of carboxylic acid groups (broad SMARTS) is 1. The molecule has 1 heterocycles. The van der Waals surface area contributed by atoms with Crippen LogP contribution < -0.4 is 9.64 Å². The quantitative estimate of drug-likeness (QED) is 0.788. The maximum Gasteiger partial charge on any atom is 0.335 e. The standard InChI is InChI=1S/C22H27NO3/c1-6-23(16-9-7-15(8-10-16)21(24)25)17-11-18(14(2)3)20-19(12-17)22(4,5)13-26-20/h7-12,14H,6,13H2,1-5H3,(H,24,25). The molecule has 0 spiro atoms. The zero-order chi connectivity index (χ0) is 19.1. The molecule has 1 aliphatic heterocycles. The molecule has 0 aromatic heterocycles. The number of nitrogens with zero attached hydrogens (tertiary/aromatic N) is 1. The highest BCUT2D eigenvalue weighted by atomic mass is 16.5. The third-order valence-corrected chi connectivity index (χ3v) is 5.08. The molecule has 0 radical (unpaired) electrons. The van der Waals surface area contributed by atoms with E-state index in [0.717, 1.165) is 23.7 Å². The number of ether oxygens (including phenoxy) is 1. The SMILES string of the molecule is CCN(c1ccc(C(=O)O)cc1)c1cc(C(C)C)c2c(c1)C(C)(C)CO2. The Morgan fingerprint density at radius 2 is 1.85 bits per heavy atom. The lowest BCUT2D eigenvalue weighted by molar-refractivity contribution is 0.0697. The van der Waals surface area contributed by atoms with Gasteiger partial charge >= 0.3 is 5.97 Å². The van der Waals surface area contributed by atoms with Crippen LogP contribution in [0.5, 0.6) is 5.75 Å². The predicted molar refractivity (Wildman–Crippen MR) is 105 cm³/mol. The van der Waals surface area contributed by atoms with Crippen molar-refractivity contribution in [2.24, 2.45) is 0 Å². The lowest BCUT2D eigenvalue weighted by atomic mass is 9.84. The molecule has 0 fully saturated rings. The molecule has 138 valence electrons. The number of hydrogen-bond acceptors (Lipinski definition) is 3. The molecule has 0 saturated heterocycles. The van der Waals surface area contributed by atoms with Crippen molar-refractivity contribution in [1.82, 2.24) is 0 Å². The summed E-state index contributed by atoms with van der Waals surface area (Å²) in [7, 11) is 0. The summed E-state index contributed by atoms with van der Waals surface area (Å²) in [5.74, 6) is 0.495. The first-order valence-corrected chi connectivity index (χ1v) is 9.16.